The third kappa shape index (κ3) is 3.31. The van der Waals surface area contributed by atoms with Crippen molar-refractivity contribution in [3.8, 4) is 5.75 Å². The van der Waals surface area contributed by atoms with Crippen molar-refractivity contribution >= 4 is 5.91 Å². The van der Waals surface area contributed by atoms with E-state index in [2.05, 4.69) is 17.3 Å². The summed E-state index contributed by atoms with van der Waals surface area (Å²) in [6.45, 7) is 3.82. The van der Waals surface area contributed by atoms with Gasteiger partial charge in [-0.1, -0.05) is 12.1 Å². The van der Waals surface area contributed by atoms with Crippen LogP contribution in [0.3, 0.4) is 0 Å². The van der Waals surface area contributed by atoms with Crippen LogP contribution in [0.4, 0.5) is 0 Å². The second-order valence-electron chi connectivity index (χ2n) is 5.47. The van der Waals surface area contributed by atoms with E-state index < -0.39 is 0 Å². The average molecular weight is 276 g/mol. The van der Waals surface area contributed by atoms with Crippen molar-refractivity contribution in [2.45, 2.75) is 32.2 Å². The molecule has 1 fully saturated rings. The molecule has 110 valence electrons. The van der Waals surface area contributed by atoms with Gasteiger partial charge in [0, 0.05) is 12.6 Å². The second kappa shape index (κ2) is 6.75. The van der Waals surface area contributed by atoms with Gasteiger partial charge in [-0.15, -0.1) is 0 Å². The Kier molecular flexibility index (Phi) is 5.01. The van der Waals surface area contributed by atoms with Gasteiger partial charge in [0.2, 0.25) is 0 Å². The van der Waals surface area contributed by atoms with Crippen LogP contribution < -0.4 is 10.1 Å². The van der Waals surface area contributed by atoms with E-state index in [-0.39, 0.29) is 5.91 Å². The lowest BCUT2D eigenvalue weighted by molar-refractivity contribution is 0.0946. The lowest BCUT2D eigenvalue weighted by atomic mass is 10.1. The summed E-state index contributed by atoms with van der Waals surface area (Å²) < 4.78 is 5.28. The van der Waals surface area contributed by atoms with Gasteiger partial charge in [-0.25, -0.2) is 0 Å². The molecule has 1 heterocycles. The molecule has 1 N–H and O–H groups in total. The fraction of sp³-hybridized carbons (Fsp3) is 0.562. The molecule has 1 unspecified atom stereocenters. The number of nitrogens with zero attached hydrogens (tertiary/aromatic N) is 1. The van der Waals surface area contributed by atoms with E-state index >= 15 is 0 Å². The Morgan fingerprint density at radius 2 is 2.30 bits per heavy atom. The van der Waals surface area contributed by atoms with Crippen LogP contribution in [0, 0.1) is 6.92 Å². The number of methoxy groups -OCH3 is 1. The molecule has 0 bridgehead atoms. The number of ether oxygens (including phenoxy) is 1. The number of likely N-dealkylation sites (tertiary alicyclic amines) is 1. The highest BCUT2D eigenvalue weighted by atomic mass is 16.5. The fourth-order valence-corrected chi connectivity index (χ4v) is 2.89. The van der Waals surface area contributed by atoms with Crippen molar-refractivity contribution in [1.82, 2.24) is 10.2 Å². The summed E-state index contributed by atoms with van der Waals surface area (Å²) in [5.41, 5.74) is 1.59. The van der Waals surface area contributed by atoms with Crippen LogP contribution in [0.5, 0.6) is 5.75 Å². The minimum atomic E-state index is -0.0411. The molecule has 0 spiro atoms. The highest BCUT2D eigenvalue weighted by molar-refractivity contribution is 5.98. The van der Waals surface area contributed by atoms with Gasteiger partial charge in [-0.2, -0.15) is 0 Å². The van der Waals surface area contributed by atoms with Crippen LogP contribution in [-0.2, 0) is 0 Å². The monoisotopic (exact) mass is 276 g/mol. The Balaban J connectivity index is 1.92. The van der Waals surface area contributed by atoms with Crippen molar-refractivity contribution in [3.63, 3.8) is 0 Å². The standard InChI is InChI=1S/C16H24N2O2/c1-12-6-4-8-14(20-3)15(12)16(19)17-10-9-13-7-5-11-18(13)2/h4,6,8,13H,5,7,9-11H2,1-3H3,(H,17,19). The van der Waals surface area contributed by atoms with Crippen molar-refractivity contribution in [1.29, 1.82) is 0 Å². The predicted octanol–water partition coefficient (Wildman–Crippen LogP) is 2.22. The molecular weight excluding hydrogens is 252 g/mol. The molecule has 0 radical (unpaired) electrons. The van der Waals surface area contributed by atoms with Crippen LogP contribution in [0.1, 0.15) is 35.2 Å². The highest BCUT2D eigenvalue weighted by Crippen LogP contribution is 2.22. The Morgan fingerprint density at radius 1 is 1.50 bits per heavy atom. The molecule has 4 heteroatoms. The first kappa shape index (κ1) is 14.9. The maximum atomic E-state index is 12.3. The summed E-state index contributed by atoms with van der Waals surface area (Å²) >= 11 is 0. The van der Waals surface area contributed by atoms with Crippen LogP contribution >= 0.6 is 0 Å². The number of amides is 1. The Labute approximate surface area is 121 Å². The summed E-state index contributed by atoms with van der Waals surface area (Å²) in [7, 11) is 3.75. The molecule has 1 atom stereocenters. The smallest absolute Gasteiger partial charge is 0.255 e. The number of benzene rings is 1. The van der Waals surface area contributed by atoms with Crippen LogP contribution in [0.15, 0.2) is 18.2 Å². The number of nitrogens with one attached hydrogen (secondary N) is 1. The van der Waals surface area contributed by atoms with E-state index in [9.17, 15) is 4.79 Å². The average Bonchev–Trinajstić information content (AvgIpc) is 2.84. The number of aryl methyl sites for hydroxylation is 1. The van der Waals surface area contributed by atoms with Gasteiger partial charge in [-0.05, 0) is 51.4 Å². The normalized spacial score (nSPS) is 19.1. The Hall–Kier alpha value is -1.55. The summed E-state index contributed by atoms with van der Waals surface area (Å²) in [5, 5.41) is 3.02. The summed E-state index contributed by atoms with van der Waals surface area (Å²) in [4.78, 5) is 14.7. The van der Waals surface area contributed by atoms with Gasteiger partial charge in [-0.3, -0.25) is 4.79 Å². The first-order valence-corrected chi connectivity index (χ1v) is 7.25. The molecular formula is C16H24N2O2. The van der Waals surface area contributed by atoms with Crippen LogP contribution in [0.25, 0.3) is 0 Å². The van der Waals surface area contributed by atoms with Crippen molar-refractivity contribution < 1.29 is 9.53 Å². The Morgan fingerprint density at radius 3 is 2.95 bits per heavy atom. The molecule has 1 saturated heterocycles. The zero-order valence-corrected chi connectivity index (χ0v) is 12.6. The minimum Gasteiger partial charge on any atom is -0.496 e. The minimum absolute atomic E-state index is 0.0411. The van der Waals surface area contributed by atoms with Gasteiger partial charge < -0.3 is 15.0 Å². The van der Waals surface area contributed by atoms with E-state index in [0.29, 0.717) is 23.9 Å². The predicted molar refractivity (Wildman–Crippen MR) is 80.3 cm³/mol. The maximum Gasteiger partial charge on any atom is 0.255 e. The molecule has 20 heavy (non-hydrogen) atoms. The van der Waals surface area contributed by atoms with E-state index in [4.69, 9.17) is 4.74 Å². The molecule has 4 nitrogen and oxygen atoms in total. The third-order valence-electron chi connectivity index (χ3n) is 4.12. The molecule has 1 aromatic carbocycles. The van der Waals surface area contributed by atoms with E-state index in [1.165, 1.54) is 19.4 Å². The van der Waals surface area contributed by atoms with Gasteiger partial charge in [0.1, 0.15) is 5.75 Å². The molecule has 1 aliphatic heterocycles. The molecule has 0 aromatic heterocycles. The Bertz CT molecular complexity index is 474. The number of carbonyl (C=O) groups is 1. The van der Waals surface area contributed by atoms with Crippen molar-refractivity contribution in [2.75, 3.05) is 27.2 Å². The first-order valence-electron chi connectivity index (χ1n) is 7.25. The third-order valence-corrected chi connectivity index (χ3v) is 4.12. The van der Waals surface area contributed by atoms with E-state index in [1.807, 2.05) is 25.1 Å². The second-order valence-corrected chi connectivity index (χ2v) is 5.47. The maximum absolute atomic E-state index is 12.3. The molecule has 1 aliphatic rings. The van der Waals surface area contributed by atoms with Gasteiger partial charge >= 0.3 is 0 Å². The van der Waals surface area contributed by atoms with Gasteiger partial charge in [0.05, 0.1) is 12.7 Å². The fourth-order valence-electron chi connectivity index (χ4n) is 2.89. The number of carbonyl (C=O) groups excluding carboxylic acids is 1. The van der Waals surface area contributed by atoms with E-state index in [1.54, 1.807) is 7.11 Å². The number of hydrogen-bond donors (Lipinski definition) is 1. The molecule has 2 rings (SSSR count). The lowest BCUT2D eigenvalue weighted by Crippen LogP contribution is -2.32. The van der Waals surface area contributed by atoms with Gasteiger partial charge in [0.15, 0.2) is 0 Å². The largest absolute Gasteiger partial charge is 0.496 e. The number of hydrogen-bond acceptors (Lipinski definition) is 3. The van der Waals surface area contributed by atoms with Crippen molar-refractivity contribution in [2.24, 2.45) is 0 Å². The molecule has 0 aliphatic carbocycles. The zero-order valence-electron chi connectivity index (χ0n) is 12.6. The molecule has 0 saturated carbocycles. The van der Waals surface area contributed by atoms with Crippen LogP contribution in [-0.4, -0.2) is 44.1 Å². The SMILES string of the molecule is COc1cccc(C)c1C(=O)NCCC1CCCN1C. The number of rotatable bonds is 5. The zero-order chi connectivity index (χ0) is 14.5. The summed E-state index contributed by atoms with van der Waals surface area (Å²) in [5.74, 6) is 0.598. The van der Waals surface area contributed by atoms with Crippen molar-refractivity contribution in [3.05, 3.63) is 29.3 Å². The summed E-state index contributed by atoms with van der Waals surface area (Å²) in [6, 6.07) is 6.27. The first-order chi connectivity index (χ1) is 9.63. The molecule has 1 aromatic rings. The lowest BCUT2D eigenvalue weighted by Gasteiger charge is -2.19. The summed E-state index contributed by atoms with van der Waals surface area (Å²) in [6.07, 6.45) is 3.51. The highest BCUT2D eigenvalue weighted by Gasteiger charge is 2.21. The topological polar surface area (TPSA) is 41.6 Å². The van der Waals surface area contributed by atoms with E-state index in [0.717, 1.165) is 12.0 Å². The van der Waals surface area contributed by atoms with Crippen LogP contribution in [0.2, 0.25) is 0 Å². The van der Waals surface area contributed by atoms with Gasteiger partial charge in [0.25, 0.3) is 5.91 Å². The quantitative estimate of drug-likeness (QED) is 0.896. The molecule has 1 amide bonds.